The highest BCUT2D eigenvalue weighted by molar-refractivity contribution is 5.83. The van der Waals surface area contributed by atoms with Gasteiger partial charge in [-0.1, -0.05) is 47.5 Å². The lowest BCUT2D eigenvalue weighted by molar-refractivity contribution is -0.136. The summed E-state index contributed by atoms with van der Waals surface area (Å²) in [5, 5.41) is 0. The van der Waals surface area contributed by atoms with Gasteiger partial charge in [0.2, 0.25) is 0 Å². The Hall–Kier alpha value is -0.370. The molecule has 0 spiro atoms. The number of carbonyl (C=O) groups excluding carboxylic acids is 1. The van der Waals surface area contributed by atoms with Crippen molar-refractivity contribution in [2.75, 3.05) is 6.61 Å². The fourth-order valence-corrected chi connectivity index (χ4v) is 2.70. The van der Waals surface area contributed by atoms with Crippen molar-refractivity contribution in [2.45, 2.75) is 72.8 Å². The zero-order chi connectivity index (χ0) is 13.8. The highest BCUT2D eigenvalue weighted by atomic mass is 16.5. The average Bonchev–Trinajstić information content (AvgIpc) is 2.67. The molecule has 0 radical (unpaired) electrons. The SMILES string of the molecule is CC(C)C(OCC1CCCC1)C(=O)CC(C)(C)C. The van der Waals surface area contributed by atoms with E-state index in [1.807, 2.05) is 0 Å². The Balaban J connectivity index is 2.45. The minimum absolute atomic E-state index is 0.0565. The van der Waals surface area contributed by atoms with Crippen LogP contribution in [0.25, 0.3) is 0 Å². The largest absolute Gasteiger partial charge is 0.370 e. The number of carbonyl (C=O) groups is 1. The van der Waals surface area contributed by atoms with Crippen LogP contribution in [-0.2, 0) is 9.53 Å². The molecular formula is C16H30O2. The third kappa shape index (κ3) is 5.51. The summed E-state index contributed by atoms with van der Waals surface area (Å²) in [7, 11) is 0. The monoisotopic (exact) mass is 254 g/mol. The molecule has 1 unspecified atom stereocenters. The number of ether oxygens (including phenoxy) is 1. The van der Waals surface area contributed by atoms with Crippen molar-refractivity contribution < 1.29 is 9.53 Å². The molecule has 1 fully saturated rings. The molecule has 1 atom stereocenters. The molecule has 0 aromatic heterocycles. The Morgan fingerprint density at radius 2 is 1.78 bits per heavy atom. The van der Waals surface area contributed by atoms with E-state index in [-0.39, 0.29) is 23.2 Å². The van der Waals surface area contributed by atoms with Crippen LogP contribution in [0.3, 0.4) is 0 Å². The molecule has 1 aliphatic rings. The van der Waals surface area contributed by atoms with E-state index < -0.39 is 0 Å². The predicted molar refractivity (Wildman–Crippen MR) is 75.6 cm³/mol. The molecule has 2 heteroatoms. The smallest absolute Gasteiger partial charge is 0.162 e. The van der Waals surface area contributed by atoms with Gasteiger partial charge < -0.3 is 4.74 Å². The Morgan fingerprint density at radius 3 is 2.22 bits per heavy atom. The van der Waals surface area contributed by atoms with E-state index >= 15 is 0 Å². The minimum Gasteiger partial charge on any atom is -0.370 e. The van der Waals surface area contributed by atoms with Gasteiger partial charge in [-0.2, -0.15) is 0 Å². The summed E-state index contributed by atoms with van der Waals surface area (Å²) in [4.78, 5) is 12.3. The first-order valence-electron chi connectivity index (χ1n) is 7.44. The summed E-state index contributed by atoms with van der Waals surface area (Å²) in [5.41, 5.74) is 0.0565. The molecular weight excluding hydrogens is 224 g/mol. The summed E-state index contributed by atoms with van der Waals surface area (Å²) >= 11 is 0. The Labute approximate surface area is 112 Å². The van der Waals surface area contributed by atoms with E-state index in [0.29, 0.717) is 12.3 Å². The van der Waals surface area contributed by atoms with Crippen molar-refractivity contribution in [1.82, 2.24) is 0 Å². The van der Waals surface area contributed by atoms with E-state index in [4.69, 9.17) is 4.74 Å². The first-order valence-corrected chi connectivity index (χ1v) is 7.44. The standard InChI is InChI=1S/C16H30O2/c1-12(2)15(14(17)10-16(3,4)5)18-11-13-8-6-7-9-13/h12-13,15H,6-11H2,1-5H3. The van der Waals surface area contributed by atoms with Crippen LogP contribution in [0.2, 0.25) is 0 Å². The molecule has 1 saturated carbocycles. The quantitative estimate of drug-likeness (QED) is 0.709. The van der Waals surface area contributed by atoms with Crippen LogP contribution >= 0.6 is 0 Å². The van der Waals surface area contributed by atoms with Gasteiger partial charge in [0, 0.05) is 6.42 Å². The maximum Gasteiger partial charge on any atom is 0.162 e. The summed E-state index contributed by atoms with van der Waals surface area (Å²) in [6, 6.07) is 0. The van der Waals surface area contributed by atoms with Gasteiger partial charge in [0.05, 0.1) is 6.61 Å². The lowest BCUT2D eigenvalue weighted by Crippen LogP contribution is -2.33. The van der Waals surface area contributed by atoms with Crippen molar-refractivity contribution in [3.63, 3.8) is 0 Å². The summed E-state index contributed by atoms with van der Waals surface area (Å²) in [6.07, 6.45) is 5.62. The number of ketones is 1. The lowest BCUT2D eigenvalue weighted by Gasteiger charge is -2.26. The molecule has 0 saturated heterocycles. The third-order valence-electron chi connectivity index (χ3n) is 3.61. The van der Waals surface area contributed by atoms with Crippen molar-refractivity contribution in [3.05, 3.63) is 0 Å². The Bertz CT molecular complexity index is 257. The van der Waals surface area contributed by atoms with Crippen molar-refractivity contribution in [1.29, 1.82) is 0 Å². The van der Waals surface area contributed by atoms with Crippen LogP contribution in [-0.4, -0.2) is 18.5 Å². The van der Waals surface area contributed by atoms with E-state index in [1.54, 1.807) is 0 Å². The molecule has 0 N–H and O–H groups in total. The lowest BCUT2D eigenvalue weighted by atomic mass is 9.86. The van der Waals surface area contributed by atoms with Gasteiger partial charge in [0.15, 0.2) is 5.78 Å². The number of hydrogen-bond donors (Lipinski definition) is 0. The Morgan fingerprint density at radius 1 is 1.22 bits per heavy atom. The molecule has 1 aliphatic carbocycles. The van der Waals surface area contributed by atoms with Gasteiger partial charge in [0.25, 0.3) is 0 Å². The second kappa shape index (κ2) is 6.70. The number of rotatable bonds is 6. The van der Waals surface area contributed by atoms with Crippen LogP contribution in [0.4, 0.5) is 0 Å². The molecule has 106 valence electrons. The first kappa shape index (κ1) is 15.7. The van der Waals surface area contributed by atoms with Gasteiger partial charge in [-0.05, 0) is 30.1 Å². The van der Waals surface area contributed by atoms with Crippen molar-refractivity contribution in [3.8, 4) is 0 Å². The van der Waals surface area contributed by atoms with Crippen molar-refractivity contribution in [2.24, 2.45) is 17.3 Å². The third-order valence-corrected chi connectivity index (χ3v) is 3.61. The summed E-state index contributed by atoms with van der Waals surface area (Å²) in [6.45, 7) is 11.3. The molecule has 0 amide bonds. The minimum atomic E-state index is -0.204. The topological polar surface area (TPSA) is 26.3 Å². The highest BCUT2D eigenvalue weighted by Gasteiger charge is 2.28. The van der Waals surface area contributed by atoms with Gasteiger partial charge in [-0.3, -0.25) is 4.79 Å². The maximum atomic E-state index is 12.3. The molecule has 2 nitrogen and oxygen atoms in total. The van der Waals surface area contributed by atoms with E-state index in [1.165, 1.54) is 25.7 Å². The zero-order valence-electron chi connectivity index (χ0n) is 12.8. The van der Waals surface area contributed by atoms with E-state index in [2.05, 4.69) is 34.6 Å². The molecule has 18 heavy (non-hydrogen) atoms. The molecule has 0 bridgehead atoms. The normalized spacial score (nSPS) is 19.4. The summed E-state index contributed by atoms with van der Waals surface area (Å²) < 4.78 is 5.95. The molecule has 0 heterocycles. The molecule has 0 aromatic rings. The van der Waals surface area contributed by atoms with Crippen molar-refractivity contribution >= 4 is 5.78 Å². The maximum absolute atomic E-state index is 12.3. The van der Waals surface area contributed by atoms with Gasteiger partial charge in [0.1, 0.15) is 6.10 Å². The van der Waals surface area contributed by atoms with Crippen LogP contribution in [0.1, 0.15) is 66.7 Å². The summed E-state index contributed by atoms with van der Waals surface area (Å²) in [5.74, 6) is 1.24. The van der Waals surface area contributed by atoms with Gasteiger partial charge >= 0.3 is 0 Å². The second-order valence-electron chi connectivity index (χ2n) is 7.35. The highest BCUT2D eigenvalue weighted by Crippen LogP contribution is 2.27. The van der Waals surface area contributed by atoms with Crippen LogP contribution in [0.5, 0.6) is 0 Å². The number of hydrogen-bond acceptors (Lipinski definition) is 2. The fraction of sp³-hybridized carbons (Fsp3) is 0.938. The van der Waals surface area contributed by atoms with E-state index in [0.717, 1.165) is 6.61 Å². The first-order chi connectivity index (χ1) is 8.29. The Kier molecular flexibility index (Phi) is 5.84. The van der Waals surface area contributed by atoms with Gasteiger partial charge in [-0.25, -0.2) is 0 Å². The van der Waals surface area contributed by atoms with Crippen LogP contribution in [0, 0.1) is 17.3 Å². The molecule has 0 aliphatic heterocycles. The van der Waals surface area contributed by atoms with Crippen LogP contribution in [0.15, 0.2) is 0 Å². The van der Waals surface area contributed by atoms with E-state index in [9.17, 15) is 4.79 Å². The molecule has 0 aromatic carbocycles. The number of Topliss-reactive ketones (excluding diaryl/α,β-unsaturated/α-hetero) is 1. The average molecular weight is 254 g/mol. The fourth-order valence-electron chi connectivity index (χ4n) is 2.70. The predicted octanol–water partition coefficient (Wildman–Crippen LogP) is 4.22. The molecule has 1 rings (SSSR count). The zero-order valence-corrected chi connectivity index (χ0v) is 12.8. The van der Waals surface area contributed by atoms with Gasteiger partial charge in [-0.15, -0.1) is 0 Å². The second-order valence-corrected chi connectivity index (χ2v) is 7.35. The van der Waals surface area contributed by atoms with Crippen LogP contribution < -0.4 is 0 Å².